The van der Waals surface area contributed by atoms with Crippen molar-refractivity contribution in [3.63, 3.8) is 0 Å². The van der Waals surface area contributed by atoms with Gasteiger partial charge in [0.25, 0.3) is 0 Å². The van der Waals surface area contributed by atoms with Crippen molar-refractivity contribution in [1.29, 1.82) is 0 Å². The quantitative estimate of drug-likeness (QED) is 0.0733. The zero-order valence-corrected chi connectivity index (χ0v) is 45.1. The monoisotopic (exact) mass is 991 g/mol. The number of nitrogens with zero attached hydrogens (tertiary/aromatic N) is 2. The highest BCUT2D eigenvalue weighted by Gasteiger charge is 2.29. The van der Waals surface area contributed by atoms with Crippen LogP contribution >= 0.6 is 24.8 Å². The molecule has 0 spiro atoms. The zero-order chi connectivity index (χ0) is 48.5. The minimum atomic E-state index is -0.203. The second kappa shape index (κ2) is 25.7. The normalized spacial score (nSPS) is 11.7. The van der Waals surface area contributed by atoms with Crippen molar-refractivity contribution >= 4 is 24.8 Å². The molecule has 0 unspecified atom stereocenters. The Kier molecular flexibility index (Phi) is 22.4. The van der Waals surface area contributed by atoms with E-state index in [0.717, 1.165) is 82.4 Å². The number of halogens is 2. The van der Waals surface area contributed by atoms with Gasteiger partial charge in [0.1, 0.15) is 35.5 Å². The molecule has 0 bridgehead atoms. The van der Waals surface area contributed by atoms with E-state index in [0.29, 0.717) is 49.3 Å². The molecule has 13 heteroatoms. The van der Waals surface area contributed by atoms with Crippen LogP contribution in [0.25, 0.3) is 22.9 Å². The molecule has 0 aliphatic heterocycles. The van der Waals surface area contributed by atoms with Crippen LogP contribution in [0.15, 0.2) is 94.2 Å². The topological polar surface area (TPSA) is 167 Å². The smallest absolute Gasteiger partial charge is 0.226 e. The summed E-state index contributed by atoms with van der Waals surface area (Å²) in [6, 6.07) is 24.3. The highest BCUT2D eigenvalue weighted by molar-refractivity contribution is 5.85. The first-order valence-electron chi connectivity index (χ1n) is 23.5. The van der Waals surface area contributed by atoms with Gasteiger partial charge in [-0.25, -0.2) is 9.97 Å². The molecule has 0 aliphatic rings. The van der Waals surface area contributed by atoms with Crippen LogP contribution < -0.4 is 20.1 Å². The lowest BCUT2D eigenvalue weighted by Gasteiger charge is -2.27. The average molecular weight is 992 g/mol. The molecule has 11 nitrogen and oxygen atoms in total. The summed E-state index contributed by atoms with van der Waals surface area (Å²) in [6.45, 7) is 34.1. The van der Waals surface area contributed by atoms with Crippen molar-refractivity contribution in [2.75, 3.05) is 26.3 Å². The third-order valence-corrected chi connectivity index (χ3v) is 11.3. The Morgan fingerprint density at radius 3 is 1.04 bits per heavy atom. The number of hydrogen-bond acceptors (Lipinski definition) is 10. The van der Waals surface area contributed by atoms with Crippen LogP contribution in [0.5, 0.6) is 23.0 Å². The number of phenols is 2. The molecule has 0 saturated heterocycles. The van der Waals surface area contributed by atoms with E-state index in [1.807, 2.05) is 48.5 Å². The summed E-state index contributed by atoms with van der Waals surface area (Å²) >= 11 is 0. The van der Waals surface area contributed by atoms with Gasteiger partial charge in [0, 0.05) is 59.3 Å². The minimum Gasteiger partial charge on any atom is -0.507 e. The summed E-state index contributed by atoms with van der Waals surface area (Å²) in [4.78, 5) is 9.40. The summed E-state index contributed by atoms with van der Waals surface area (Å²) in [5.74, 6) is 3.54. The van der Waals surface area contributed by atoms with E-state index in [9.17, 15) is 10.2 Å². The fourth-order valence-corrected chi connectivity index (χ4v) is 7.40. The van der Waals surface area contributed by atoms with Crippen molar-refractivity contribution in [2.24, 2.45) is 0 Å². The summed E-state index contributed by atoms with van der Waals surface area (Å²) in [6.07, 6.45) is 4.69. The number of aromatic hydroxyl groups is 2. The molecule has 0 radical (unpaired) electrons. The van der Waals surface area contributed by atoms with Crippen molar-refractivity contribution in [2.45, 2.75) is 145 Å². The van der Waals surface area contributed by atoms with Gasteiger partial charge in [-0.3, -0.25) is 0 Å². The molecular weight excluding hydrogens is 912 g/mol. The van der Waals surface area contributed by atoms with E-state index in [2.05, 4.69) is 132 Å². The first kappa shape index (κ1) is 60.1. The molecule has 0 atom stereocenters. The van der Waals surface area contributed by atoms with E-state index in [1.54, 1.807) is 12.5 Å². The molecule has 6 aromatic rings. The van der Waals surface area contributed by atoms with E-state index in [-0.39, 0.29) is 52.0 Å². The minimum absolute atomic E-state index is 0. The van der Waals surface area contributed by atoms with Crippen LogP contribution in [-0.4, -0.2) is 52.0 Å². The summed E-state index contributed by atoms with van der Waals surface area (Å²) in [5.41, 5.74) is 8.69. The summed E-state index contributed by atoms with van der Waals surface area (Å²) < 4.78 is 23.4. The lowest BCUT2D eigenvalue weighted by Crippen LogP contribution is -2.17. The molecule has 0 amide bonds. The average Bonchev–Trinajstić information content (AvgIpc) is 3.92. The van der Waals surface area contributed by atoms with Crippen molar-refractivity contribution in [3.05, 3.63) is 130 Å². The van der Waals surface area contributed by atoms with Gasteiger partial charge in [0.2, 0.25) is 11.8 Å². The Morgan fingerprint density at radius 1 is 0.493 bits per heavy atom. The molecule has 0 saturated carbocycles. The molecular formula is C56H80Cl2N4O7. The standard InChI is InChI=1S/2C28H38N2O3.2ClH.H2O/c2*1-8-29-17-19-9-11-22(12-10-19)32-14-13-21-18-33-26(30-21)20-15-23(27(2,3)4)25(31)24(16-20)28(5,6)7;;;/h2*9-12,15-16,18,29,31H,8,13-14,17H2,1-7H3;2*1H;1H2. The van der Waals surface area contributed by atoms with E-state index < -0.39 is 0 Å². The van der Waals surface area contributed by atoms with E-state index >= 15 is 0 Å². The SMILES string of the molecule is CCNCc1ccc(OCCc2coc(-c3cc(C(C)(C)C)c(O)c(C(C)(C)C)c3)n2)cc1.CCNCc1ccc(OCCc2coc(-c3cc(C(C)(C)C)c(O)c(C(C)(C)C)c3)n2)cc1.Cl.Cl.O. The predicted molar refractivity (Wildman–Crippen MR) is 286 cm³/mol. The fraction of sp³-hybridized carbons (Fsp3) is 0.464. The van der Waals surface area contributed by atoms with Gasteiger partial charge >= 0.3 is 0 Å². The first-order chi connectivity index (χ1) is 31.0. The van der Waals surface area contributed by atoms with Crippen LogP contribution in [0, 0.1) is 0 Å². The van der Waals surface area contributed by atoms with Crippen molar-refractivity contribution in [1.82, 2.24) is 20.6 Å². The molecule has 0 fully saturated rings. The van der Waals surface area contributed by atoms with E-state index in [4.69, 9.17) is 28.3 Å². The van der Waals surface area contributed by atoms with Gasteiger partial charge in [-0.2, -0.15) is 0 Å². The van der Waals surface area contributed by atoms with Gasteiger partial charge in [0.05, 0.1) is 24.6 Å². The van der Waals surface area contributed by atoms with Crippen molar-refractivity contribution < 1.29 is 34.0 Å². The van der Waals surface area contributed by atoms with Gasteiger partial charge < -0.3 is 44.6 Å². The predicted octanol–water partition coefficient (Wildman–Crippen LogP) is 12.8. The summed E-state index contributed by atoms with van der Waals surface area (Å²) in [5, 5.41) is 28.5. The highest BCUT2D eigenvalue weighted by atomic mass is 35.5. The number of benzene rings is 4. The fourth-order valence-electron chi connectivity index (χ4n) is 7.40. The maximum absolute atomic E-state index is 10.9. The summed E-state index contributed by atoms with van der Waals surface area (Å²) in [7, 11) is 0. The Bertz CT molecular complexity index is 2230. The number of phenolic OH excluding ortho intramolecular Hbond substituents is 2. The van der Waals surface area contributed by atoms with E-state index in [1.165, 1.54) is 11.1 Å². The molecule has 6 rings (SSSR count). The largest absolute Gasteiger partial charge is 0.507 e. The van der Waals surface area contributed by atoms with Gasteiger partial charge in [-0.15, -0.1) is 24.8 Å². The molecule has 2 heterocycles. The first-order valence-corrected chi connectivity index (χ1v) is 23.5. The second-order valence-corrected chi connectivity index (χ2v) is 21.2. The number of nitrogens with one attached hydrogen (secondary N) is 2. The number of rotatable bonds is 16. The third kappa shape index (κ3) is 17.1. The lowest BCUT2D eigenvalue weighted by molar-refractivity contribution is 0.320. The maximum Gasteiger partial charge on any atom is 0.226 e. The molecule has 4 aromatic carbocycles. The molecule has 380 valence electrons. The molecule has 69 heavy (non-hydrogen) atoms. The Balaban J connectivity index is 0.000000454. The van der Waals surface area contributed by atoms with Crippen LogP contribution in [0.4, 0.5) is 0 Å². The Hall–Kier alpha value is -5.04. The lowest BCUT2D eigenvalue weighted by atomic mass is 9.78. The number of aromatic nitrogens is 2. The Morgan fingerprint density at radius 2 is 0.783 bits per heavy atom. The number of oxazole rings is 2. The van der Waals surface area contributed by atoms with Crippen LogP contribution in [0.1, 0.15) is 142 Å². The van der Waals surface area contributed by atoms with Gasteiger partial charge in [0.15, 0.2) is 0 Å². The second-order valence-electron chi connectivity index (χ2n) is 21.2. The van der Waals surface area contributed by atoms with Crippen LogP contribution in [0.2, 0.25) is 0 Å². The van der Waals surface area contributed by atoms with Crippen LogP contribution in [-0.2, 0) is 47.6 Å². The van der Waals surface area contributed by atoms with Crippen LogP contribution in [0.3, 0.4) is 0 Å². The maximum atomic E-state index is 10.9. The van der Waals surface area contributed by atoms with Gasteiger partial charge in [-0.1, -0.05) is 121 Å². The third-order valence-electron chi connectivity index (χ3n) is 11.3. The number of ether oxygens (including phenoxy) is 2. The van der Waals surface area contributed by atoms with Crippen molar-refractivity contribution in [3.8, 4) is 45.9 Å². The zero-order valence-electron chi connectivity index (χ0n) is 43.5. The molecule has 2 aromatic heterocycles. The highest BCUT2D eigenvalue weighted by Crippen LogP contribution is 2.43. The number of hydrogen-bond donors (Lipinski definition) is 4. The molecule has 6 N–H and O–H groups in total. The molecule has 0 aliphatic carbocycles. The van der Waals surface area contributed by atoms with Gasteiger partial charge in [-0.05, 0) is 94.4 Å². The Labute approximate surface area is 424 Å².